The van der Waals surface area contributed by atoms with Crippen LogP contribution in [-0.2, 0) is 32.0 Å². The van der Waals surface area contributed by atoms with Crippen LogP contribution in [0.5, 0.6) is 5.75 Å². The smallest absolute Gasteiger partial charge is 0.328 e. The van der Waals surface area contributed by atoms with Gasteiger partial charge in [-0.05, 0) is 58.4 Å². The quantitative estimate of drug-likeness (QED) is 0.271. The predicted molar refractivity (Wildman–Crippen MR) is 148 cm³/mol. The van der Waals surface area contributed by atoms with E-state index < -0.39 is 30.1 Å². The number of hydrogen-bond donors (Lipinski definition) is 1. The Bertz CT molecular complexity index is 1420. The van der Waals surface area contributed by atoms with E-state index in [2.05, 4.69) is 6.07 Å². The van der Waals surface area contributed by atoms with Crippen molar-refractivity contribution in [3.05, 3.63) is 107 Å². The zero-order valence-corrected chi connectivity index (χ0v) is 22.3. The van der Waals surface area contributed by atoms with Crippen molar-refractivity contribution < 1.29 is 23.9 Å². The van der Waals surface area contributed by atoms with E-state index in [1.807, 2.05) is 48.5 Å². The van der Waals surface area contributed by atoms with Gasteiger partial charge in [0.15, 0.2) is 0 Å². The third kappa shape index (κ3) is 5.33. The normalized spacial score (nSPS) is 18.7. The first-order valence-electron chi connectivity index (χ1n) is 12.8. The van der Waals surface area contributed by atoms with Crippen LogP contribution in [0.1, 0.15) is 34.7 Å². The van der Waals surface area contributed by atoms with E-state index in [-0.39, 0.29) is 11.8 Å². The molecule has 2 N–H and O–H groups in total. The van der Waals surface area contributed by atoms with Gasteiger partial charge in [0, 0.05) is 6.42 Å². The molecule has 0 saturated carbocycles. The fourth-order valence-electron chi connectivity index (χ4n) is 5.54. The number of amides is 1. The van der Waals surface area contributed by atoms with Crippen LogP contribution in [0.2, 0.25) is 0 Å². The van der Waals surface area contributed by atoms with Gasteiger partial charge in [0.1, 0.15) is 23.7 Å². The van der Waals surface area contributed by atoms with E-state index in [9.17, 15) is 14.4 Å². The highest BCUT2D eigenvalue weighted by molar-refractivity contribution is 6.27. The van der Waals surface area contributed by atoms with Crippen molar-refractivity contribution in [3.8, 4) is 5.75 Å². The lowest BCUT2D eigenvalue weighted by atomic mass is 9.84. The number of fused-ring (bicyclic) bond motifs is 2. The summed E-state index contributed by atoms with van der Waals surface area (Å²) >= 11 is 6.02. The van der Waals surface area contributed by atoms with Crippen LogP contribution < -0.4 is 10.5 Å². The van der Waals surface area contributed by atoms with Crippen LogP contribution in [0, 0.1) is 0 Å². The summed E-state index contributed by atoms with van der Waals surface area (Å²) < 4.78 is 10.6. The molecule has 1 aliphatic heterocycles. The number of rotatable bonds is 7. The molecule has 2 aliphatic rings. The molecule has 1 heterocycles. The number of hydrogen-bond acceptors (Lipinski definition) is 6. The number of carbonyl (C=O) groups is 3. The van der Waals surface area contributed by atoms with Crippen molar-refractivity contribution in [2.45, 2.75) is 37.4 Å². The van der Waals surface area contributed by atoms with Crippen molar-refractivity contribution in [1.82, 2.24) is 4.90 Å². The molecule has 1 amide bonds. The number of nitrogens with two attached hydrogens (primary N) is 1. The Kier molecular flexibility index (Phi) is 7.82. The van der Waals surface area contributed by atoms with Crippen LogP contribution in [-0.4, -0.2) is 47.8 Å². The highest BCUT2D eigenvalue weighted by Gasteiger charge is 2.45. The summed E-state index contributed by atoms with van der Waals surface area (Å²) in [5.41, 5.74) is 12.1. The van der Waals surface area contributed by atoms with Gasteiger partial charge in [-0.25, -0.2) is 9.59 Å². The summed E-state index contributed by atoms with van der Waals surface area (Å²) in [5, 5.41) is 0. The van der Waals surface area contributed by atoms with Crippen LogP contribution in [0.4, 0.5) is 0 Å². The highest BCUT2D eigenvalue weighted by Crippen LogP contribution is 2.49. The zero-order chi connectivity index (χ0) is 27.5. The highest BCUT2D eigenvalue weighted by atomic mass is 35.5. The number of carbonyl (C=O) groups excluding carboxylic acids is 3. The van der Waals surface area contributed by atoms with E-state index >= 15 is 0 Å². The number of esters is 2. The van der Waals surface area contributed by atoms with Gasteiger partial charge in [0.2, 0.25) is 5.91 Å². The fraction of sp³-hybridized carbons (Fsp3) is 0.258. The third-order valence-electron chi connectivity index (χ3n) is 7.34. The van der Waals surface area contributed by atoms with E-state index in [0.29, 0.717) is 25.0 Å². The van der Waals surface area contributed by atoms with Gasteiger partial charge < -0.3 is 20.1 Å². The molecule has 0 fully saturated rings. The van der Waals surface area contributed by atoms with E-state index in [4.69, 9.17) is 26.8 Å². The summed E-state index contributed by atoms with van der Waals surface area (Å²) in [7, 11) is 1.32. The topological polar surface area (TPSA) is 98.9 Å². The van der Waals surface area contributed by atoms with Crippen LogP contribution >= 0.6 is 11.6 Å². The molecule has 7 nitrogen and oxygen atoms in total. The lowest BCUT2D eigenvalue weighted by Gasteiger charge is -2.42. The summed E-state index contributed by atoms with van der Waals surface area (Å²) in [6, 6.07) is 22.4. The van der Waals surface area contributed by atoms with Gasteiger partial charge in [-0.3, -0.25) is 4.79 Å². The van der Waals surface area contributed by atoms with Crippen molar-refractivity contribution in [3.63, 3.8) is 0 Å². The first-order chi connectivity index (χ1) is 18.9. The Morgan fingerprint density at radius 3 is 2.38 bits per heavy atom. The molecule has 0 radical (unpaired) electrons. The lowest BCUT2D eigenvalue weighted by molar-refractivity contribution is -0.153. The van der Waals surface area contributed by atoms with Crippen LogP contribution in [0.25, 0.3) is 5.57 Å². The average Bonchev–Trinajstić information content (AvgIpc) is 3.34. The summed E-state index contributed by atoms with van der Waals surface area (Å²) in [6.45, 7) is 0. The molecular weight excluding hydrogens is 516 g/mol. The number of alkyl halides is 1. The van der Waals surface area contributed by atoms with Gasteiger partial charge in [-0.2, -0.15) is 0 Å². The first-order valence-corrected chi connectivity index (χ1v) is 13.3. The van der Waals surface area contributed by atoms with Crippen LogP contribution in [0.3, 0.4) is 0 Å². The Morgan fingerprint density at radius 1 is 1.00 bits per heavy atom. The maximum absolute atomic E-state index is 13.2. The average molecular weight is 545 g/mol. The summed E-state index contributed by atoms with van der Waals surface area (Å²) in [6.07, 6.45) is 1.37. The molecule has 39 heavy (non-hydrogen) atoms. The molecule has 0 bridgehead atoms. The molecule has 3 aromatic rings. The number of nitrogens with zero attached hydrogens (tertiary/aromatic N) is 1. The number of methoxy groups -OCH3 is 1. The Labute approximate surface area is 232 Å². The number of benzene rings is 3. The second-order valence-electron chi connectivity index (χ2n) is 9.70. The van der Waals surface area contributed by atoms with E-state index in [1.165, 1.54) is 7.11 Å². The Hall–Kier alpha value is -3.94. The van der Waals surface area contributed by atoms with Crippen LogP contribution in [0.15, 0.2) is 84.4 Å². The fourth-order valence-corrected chi connectivity index (χ4v) is 5.68. The van der Waals surface area contributed by atoms with Crippen molar-refractivity contribution >= 4 is 35.0 Å². The molecular formula is C31H29ClN2O5. The second kappa shape index (κ2) is 11.4. The Morgan fingerprint density at radius 2 is 1.69 bits per heavy atom. The maximum Gasteiger partial charge on any atom is 0.328 e. The maximum atomic E-state index is 13.2. The molecule has 0 unspecified atom stereocenters. The second-order valence-corrected chi connectivity index (χ2v) is 9.97. The largest absolute Gasteiger partial charge is 0.467 e. The molecule has 200 valence electrons. The SMILES string of the molecule is COC(=O)[C@H]1CC2=C(Cc3ccccc32)[C@H](c2ccc(OC(=O)[C@@H](N)Cc3ccccc3)cc2)N1C(=O)CCl. The first kappa shape index (κ1) is 26.7. The minimum atomic E-state index is -0.815. The molecule has 0 aromatic heterocycles. The summed E-state index contributed by atoms with van der Waals surface area (Å²) in [4.78, 5) is 40.2. The monoisotopic (exact) mass is 544 g/mol. The lowest BCUT2D eigenvalue weighted by Crippen LogP contribution is -2.51. The third-order valence-corrected chi connectivity index (χ3v) is 7.57. The van der Waals surface area contributed by atoms with Gasteiger partial charge in [-0.15, -0.1) is 11.6 Å². The minimum absolute atomic E-state index is 0.269. The molecule has 5 rings (SSSR count). The number of ether oxygens (including phenoxy) is 2. The summed E-state index contributed by atoms with van der Waals surface area (Å²) in [5.74, 6) is -1.32. The molecule has 3 atom stereocenters. The van der Waals surface area contributed by atoms with E-state index in [0.717, 1.165) is 33.4 Å². The molecule has 1 aliphatic carbocycles. The molecule has 0 spiro atoms. The number of halogens is 1. The predicted octanol–water partition coefficient (Wildman–Crippen LogP) is 4.23. The minimum Gasteiger partial charge on any atom is -0.467 e. The standard InChI is InChI=1S/C31H29ClN2O5/c1-38-31(37)27-17-24-23-10-6-5-9-21(23)16-25(24)29(34(27)28(35)18-32)20-11-13-22(14-12-20)39-30(36)26(33)15-19-7-3-2-4-8-19/h2-14,26-27,29H,15-18,33H2,1H3/t26-,27+,29-/m0/s1. The molecule has 8 heteroatoms. The molecule has 3 aromatic carbocycles. The van der Waals surface area contributed by atoms with Crippen molar-refractivity contribution in [1.29, 1.82) is 0 Å². The molecule has 0 saturated heterocycles. The van der Waals surface area contributed by atoms with E-state index in [1.54, 1.807) is 29.2 Å². The van der Waals surface area contributed by atoms with Gasteiger partial charge in [0.05, 0.1) is 13.2 Å². The Balaban J connectivity index is 1.44. The van der Waals surface area contributed by atoms with Gasteiger partial charge in [0.25, 0.3) is 0 Å². The zero-order valence-electron chi connectivity index (χ0n) is 21.5. The van der Waals surface area contributed by atoms with Crippen molar-refractivity contribution in [2.75, 3.05) is 13.0 Å². The van der Waals surface area contributed by atoms with Gasteiger partial charge in [-0.1, -0.05) is 66.7 Å². The van der Waals surface area contributed by atoms with Crippen molar-refractivity contribution in [2.24, 2.45) is 5.73 Å². The van der Waals surface area contributed by atoms with Gasteiger partial charge >= 0.3 is 11.9 Å².